The first-order chi connectivity index (χ1) is 27.7. The molecule has 5 N–H and O–H groups in total. The Hall–Kier alpha value is -5.85. The van der Waals surface area contributed by atoms with Crippen molar-refractivity contribution in [1.29, 1.82) is 0 Å². The number of phenolic OH excluding ortho intramolecular Hbond substituents is 2. The van der Waals surface area contributed by atoms with Crippen LogP contribution < -0.4 is 20.1 Å². The van der Waals surface area contributed by atoms with Crippen molar-refractivity contribution in [3.05, 3.63) is 119 Å². The molecule has 0 aromatic heterocycles. The van der Waals surface area contributed by atoms with E-state index in [0.717, 1.165) is 30.4 Å². The van der Waals surface area contributed by atoms with Gasteiger partial charge in [0.2, 0.25) is 11.8 Å². The fourth-order valence-electron chi connectivity index (χ4n) is 12.0. The Bertz CT molecular complexity index is 2400. The van der Waals surface area contributed by atoms with Gasteiger partial charge in [-0.3, -0.25) is 24.2 Å². The SMILES string of the molecule is COc1ccc(C2C3CCCN3C3(C(=O)Nc4ccccc43)C2/C(O)=C/C(=O)C2C3CCCN3C3(C(=O)Nc4ccccc43)C2c2ccc(O)c(OC)c2)cc1O. The van der Waals surface area contributed by atoms with Crippen molar-refractivity contribution in [2.24, 2.45) is 11.8 Å². The molecule has 0 saturated carbocycles. The number of phenols is 2. The number of aliphatic hydroxyl groups excluding tert-OH is 1. The smallest absolute Gasteiger partial charge is 0.250 e. The summed E-state index contributed by atoms with van der Waals surface area (Å²) in [6, 6.07) is 24.7. The summed E-state index contributed by atoms with van der Waals surface area (Å²) < 4.78 is 10.9. The molecule has 4 aromatic rings. The molecule has 12 nitrogen and oxygen atoms in total. The minimum Gasteiger partial charge on any atom is -0.512 e. The number of allylic oxidation sites excluding steroid dienone is 1. The monoisotopic (exact) mass is 768 g/mol. The van der Waals surface area contributed by atoms with E-state index >= 15 is 4.79 Å². The number of anilines is 2. The maximum absolute atomic E-state index is 15.4. The average molecular weight is 769 g/mol. The first-order valence-electron chi connectivity index (χ1n) is 19.7. The number of carbonyl (C=O) groups is 3. The largest absolute Gasteiger partial charge is 0.512 e. The molecule has 2 spiro atoms. The van der Waals surface area contributed by atoms with E-state index in [4.69, 9.17) is 9.47 Å². The molecule has 4 fully saturated rings. The third-order valence-corrected chi connectivity index (χ3v) is 13.9. The summed E-state index contributed by atoms with van der Waals surface area (Å²) in [6.07, 6.45) is 4.33. The summed E-state index contributed by atoms with van der Waals surface area (Å²) in [7, 11) is 2.94. The number of hydrogen-bond acceptors (Lipinski definition) is 10. The number of benzene rings is 4. The molecular formula is C45H44N4O8. The van der Waals surface area contributed by atoms with Crippen molar-refractivity contribution >= 4 is 29.0 Å². The third-order valence-electron chi connectivity index (χ3n) is 13.9. The summed E-state index contributed by atoms with van der Waals surface area (Å²) in [5, 5.41) is 40.7. The molecule has 8 atom stereocenters. The molecule has 6 aliphatic heterocycles. The van der Waals surface area contributed by atoms with E-state index in [1.165, 1.54) is 26.4 Å². The second-order valence-electron chi connectivity index (χ2n) is 16.2. The van der Waals surface area contributed by atoms with E-state index in [1.807, 2.05) is 54.6 Å². The van der Waals surface area contributed by atoms with Crippen molar-refractivity contribution in [3.63, 3.8) is 0 Å². The maximum atomic E-state index is 15.4. The number of fused-ring (bicyclic) bond motifs is 8. The summed E-state index contributed by atoms with van der Waals surface area (Å²) in [4.78, 5) is 49.1. The van der Waals surface area contributed by atoms with Crippen LogP contribution in [0, 0.1) is 11.8 Å². The molecule has 10 rings (SSSR count). The lowest BCUT2D eigenvalue weighted by molar-refractivity contribution is -0.129. The number of hydrogen-bond donors (Lipinski definition) is 5. The Balaban J connectivity index is 1.16. The van der Waals surface area contributed by atoms with E-state index in [9.17, 15) is 24.9 Å². The zero-order valence-corrected chi connectivity index (χ0v) is 31.6. The number of aromatic hydroxyl groups is 2. The van der Waals surface area contributed by atoms with Gasteiger partial charge in [-0.2, -0.15) is 0 Å². The van der Waals surface area contributed by atoms with Crippen molar-refractivity contribution in [2.75, 3.05) is 37.9 Å². The number of nitrogens with zero attached hydrogens (tertiary/aromatic N) is 2. The van der Waals surface area contributed by atoms with Gasteiger partial charge in [-0.15, -0.1) is 0 Å². The highest BCUT2D eigenvalue weighted by Crippen LogP contribution is 2.64. The first-order valence-corrected chi connectivity index (χ1v) is 19.7. The third kappa shape index (κ3) is 4.65. The van der Waals surface area contributed by atoms with Crippen LogP contribution in [0.25, 0.3) is 0 Å². The van der Waals surface area contributed by atoms with Gasteiger partial charge in [0.1, 0.15) is 16.8 Å². The quantitative estimate of drug-likeness (QED) is 0.114. The lowest BCUT2D eigenvalue weighted by atomic mass is 9.68. The van der Waals surface area contributed by atoms with Crippen molar-refractivity contribution in [2.45, 2.75) is 60.7 Å². The van der Waals surface area contributed by atoms with Crippen LogP contribution in [0.4, 0.5) is 11.4 Å². The molecule has 0 radical (unpaired) electrons. The number of carbonyl (C=O) groups excluding carboxylic acids is 3. The van der Waals surface area contributed by atoms with Gasteiger partial charge >= 0.3 is 0 Å². The van der Waals surface area contributed by atoms with Crippen LogP contribution >= 0.6 is 0 Å². The highest BCUT2D eigenvalue weighted by Gasteiger charge is 2.70. The van der Waals surface area contributed by atoms with Crippen molar-refractivity contribution in [3.8, 4) is 23.0 Å². The zero-order valence-electron chi connectivity index (χ0n) is 31.6. The Morgan fingerprint density at radius 1 is 0.737 bits per heavy atom. The topological polar surface area (TPSA) is 161 Å². The lowest BCUT2D eigenvalue weighted by Crippen LogP contribution is -2.51. The second kappa shape index (κ2) is 12.8. The molecule has 0 aliphatic carbocycles. The van der Waals surface area contributed by atoms with Gasteiger partial charge < -0.3 is 35.4 Å². The molecule has 6 heterocycles. The molecule has 12 heteroatoms. The Labute approximate surface area is 329 Å². The van der Waals surface area contributed by atoms with Gasteiger partial charge in [-0.1, -0.05) is 48.5 Å². The van der Waals surface area contributed by atoms with Crippen LogP contribution in [0.1, 0.15) is 59.8 Å². The molecule has 8 unspecified atom stereocenters. The summed E-state index contributed by atoms with van der Waals surface area (Å²) in [6.45, 7) is 1.18. The first kappa shape index (κ1) is 35.6. The predicted octanol–water partition coefficient (Wildman–Crippen LogP) is 5.88. The second-order valence-corrected chi connectivity index (χ2v) is 16.2. The minimum atomic E-state index is -1.34. The number of methoxy groups -OCH3 is 2. The normalized spacial score (nSPS) is 31.3. The van der Waals surface area contributed by atoms with E-state index < -0.39 is 34.7 Å². The summed E-state index contributed by atoms with van der Waals surface area (Å²) in [5.41, 5.74) is 1.60. The number of ether oxygens (including phenoxy) is 2. The lowest BCUT2D eigenvalue weighted by Gasteiger charge is -2.38. The van der Waals surface area contributed by atoms with Crippen LogP contribution in [-0.2, 0) is 25.5 Å². The molecule has 6 aliphatic rings. The van der Waals surface area contributed by atoms with Crippen LogP contribution in [0.2, 0.25) is 0 Å². The minimum absolute atomic E-state index is 0.0602. The van der Waals surface area contributed by atoms with E-state index in [2.05, 4.69) is 20.4 Å². The number of amides is 2. The predicted molar refractivity (Wildman–Crippen MR) is 210 cm³/mol. The Morgan fingerprint density at radius 2 is 1.33 bits per heavy atom. The van der Waals surface area contributed by atoms with E-state index in [0.29, 0.717) is 47.8 Å². The molecule has 57 heavy (non-hydrogen) atoms. The number of aliphatic hydroxyl groups is 1. The standard InChI is InChI=1S/C45H44N4O8/c1-56-36-18-16-24(21-33(36)51)38-30-13-7-19-48(30)45(27-10-4-6-12-29(27)47-43(45)55)41(38)35(53)23-34(52)39-31-14-8-20-49(31)44(26-9-3-5-11-28(26)46-42(44)54)40(39)25-15-17-32(50)37(22-25)57-2/h3-6,9-12,15-18,21-23,30-31,38-41,50-51,53H,7-8,13-14,19-20H2,1-2H3,(H,46,54)(H,47,55)/b35-23-. The van der Waals surface area contributed by atoms with Crippen molar-refractivity contribution < 1.29 is 39.2 Å². The van der Waals surface area contributed by atoms with Gasteiger partial charge in [0.25, 0.3) is 0 Å². The molecule has 0 bridgehead atoms. The van der Waals surface area contributed by atoms with Crippen LogP contribution in [0.5, 0.6) is 23.0 Å². The van der Waals surface area contributed by atoms with E-state index in [-0.39, 0.29) is 52.7 Å². The highest BCUT2D eigenvalue weighted by atomic mass is 16.5. The molecule has 4 aromatic carbocycles. The van der Waals surface area contributed by atoms with Gasteiger partial charge in [0, 0.05) is 58.4 Å². The summed E-state index contributed by atoms with van der Waals surface area (Å²) >= 11 is 0. The number of rotatable bonds is 7. The van der Waals surface area contributed by atoms with Crippen LogP contribution in [-0.4, -0.2) is 82.1 Å². The molecule has 2 amide bonds. The fourth-order valence-corrected chi connectivity index (χ4v) is 12.0. The fraction of sp³-hybridized carbons (Fsp3) is 0.356. The maximum Gasteiger partial charge on any atom is 0.250 e. The van der Waals surface area contributed by atoms with Gasteiger partial charge in [-0.05, 0) is 86.3 Å². The highest BCUT2D eigenvalue weighted by molar-refractivity contribution is 6.09. The number of nitrogens with one attached hydrogen (secondary N) is 2. The van der Waals surface area contributed by atoms with Crippen molar-refractivity contribution in [1.82, 2.24) is 9.80 Å². The zero-order chi connectivity index (χ0) is 39.4. The van der Waals surface area contributed by atoms with E-state index in [1.54, 1.807) is 24.3 Å². The molecule has 292 valence electrons. The van der Waals surface area contributed by atoms with Gasteiger partial charge in [0.15, 0.2) is 28.8 Å². The Kier molecular flexibility index (Phi) is 8.01. The van der Waals surface area contributed by atoms with Crippen LogP contribution in [0.15, 0.2) is 96.8 Å². The number of ketones is 1. The van der Waals surface area contributed by atoms with Gasteiger partial charge in [0.05, 0.1) is 20.1 Å². The number of para-hydroxylation sites is 2. The average Bonchev–Trinajstić information content (AvgIpc) is 4.05. The molecule has 4 saturated heterocycles. The Morgan fingerprint density at radius 3 is 2.00 bits per heavy atom. The summed E-state index contributed by atoms with van der Waals surface area (Å²) in [5.74, 6) is -3.65. The van der Waals surface area contributed by atoms with Gasteiger partial charge in [-0.25, -0.2) is 0 Å². The molecular weight excluding hydrogens is 725 g/mol. The van der Waals surface area contributed by atoms with Crippen LogP contribution in [0.3, 0.4) is 0 Å².